The number of carbonyl (C=O) groups is 1. The molecule has 106 valence electrons. The van der Waals surface area contributed by atoms with Crippen LogP contribution in [0.5, 0.6) is 0 Å². The molecule has 2 aromatic rings. The van der Waals surface area contributed by atoms with Crippen molar-refractivity contribution >= 4 is 17.4 Å². The smallest absolute Gasteiger partial charge is 0.382 e. The summed E-state index contributed by atoms with van der Waals surface area (Å²) in [5.74, 6) is -0.232. The van der Waals surface area contributed by atoms with E-state index in [9.17, 15) is 18.0 Å². The van der Waals surface area contributed by atoms with Crippen molar-refractivity contribution in [1.82, 2.24) is 9.78 Å². The van der Waals surface area contributed by atoms with Crippen LogP contribution in [0, 0.1) is 0 Å². The maximum atomic E-state index is 12.5. The number of carbonyl (C=O) groups excluding carboxylic acids is 1. The zero-order valence-electron chi connectivity index (χ0n) is 10.2. The summed E-state index contributed by atoms with van der Waals surface area (Å²) < 4.78 is 38.8. The molecular formula is C12H11F3N4O. The Bertz CT molecular complexity index is 621. The molecule has 8 heteroatoms. The van der Waals surface area contributed by atoms with Gasteiger partial charge in [-0.2, -0.15) is 18.3 Å². The fourth-order valence-electron chi connectivity index (χ4n) is 1.59. The number of nitrogens with one attached hydrogen (secondary N) is 1. The molecular weight excluding hydrogens is 273 g/mol. The summed E-state index contributed by atoms with van der Waals surface area (Å²) in [6.07, 6.45) is -2.95. The molecule has 0 aliphatic carbocycles. The van der Waals surface area contributed by atoms with E-state index in [2.05, 4.69) is 10.4 Å². The molecule has 1 aromatic heterocycles. The second-order valence-corrected chi connectivity index (χ2v) is 4.06. The van der Waals surface area contributed by atoms with Crippen LogP contribution < -0.4 is 11.1 Å². The van der Waals surface area contributed by atoms with Crippen LogP contribution in [0.2, 0.25) is 0 Å². The van der Waals surface area contributed by atoms with Crippen molar-refractivity contribution in [3.8, 4) is 0 Å². The number of aromatic nitrogens is 2. The first-order valence-corrected chi connectivity index (χ1v) is 5.60. The van der Waals surface area contributed by atoms with Gasteiger partial charge in [0.25, 0.3) is 0 Å². The topological polar surface area (TPSA) is 72.9 Å². The number of nitrogen functional groups attached to an aromatic ring is 1. The monoisotopic (exact) mass is 284 g/mol. The van der Waals surface area contributed by atoms with Gasteiger partial charge in [-0.1, -0.05) is 6.07 Å². The zero-order chi connectivity index (χ0) is 14.8. The van der Waals surface area contributed by atoms with Crippen molar-refractivity contribution in [2.24, 2.45) is 0 Å². The first-order valence-electron chi connectivity index (χ1n) is 5.60. The highest BCUT2D eigenvalue weighted by atomic mass is 19.4. The van der Waals surface area contributed by atoms with Gasteiger partial charge >= 0.3 is 6.18 Å². The molecule has 0 aliphatic rings. The van der Waals surface area contributed by atoms with E-state index < -0.39 is 17.6 Å². The molecule has 0 aliphatic heterocycles. The average Bonchev–Trinajstić information content (AvgIpc) is 2.73. The maximum Gasteiger partial charge on any atom is 0.416 e. The molecule has 3 N–H and O–H groups in total. The summed E-state index contributed by atoms with van der Waals surface area (Å²) in [5.41, 5.74) is 4.64. The molecule has 0 saturated heterocycles. The molecule has 0 spiro atoms. The third-order valence-corrected chi connectivity index (χ3v) is 2.44. The van der Waals surface area contributed by atoms with Gasteiger partial charge in [-0.15, -0.1) is 0 Å². The minimum Gasteiger partial charge on any atom is -0.382 e. The minimum atomic E-state index is -4.45. The van der Waals surface area contributed by atoms with E-state index in [1.54, 1.807) is 0 Å². The van der Waals surface area contributed by atoms with Gasteiger partial charge < -0.3 is 11.1 Å². The molecule has 0 atom stereocenters. The van der Waals surface area contributed by atoms with Gasteiger partial charge in [-0.25, -0.2) is 0 Å². The lowest BCUT2D eigenvalue weighted by Crippen LogP contribution is -2.19. The standard InChI is InChI=1S/C12H11F3N4O/c13-12(14,15)8-2-1-3-9(6-8)17-11(20)7-19-5-4-10(16)18-19/h1-6H,7H2,(H2,16,18)(H,17,20). The summed E-state index contributed by atoms with van der Waals surface area (Å²) in [6, 6.07) is 5.92. The van der Waals surface area contributed by atoms with Crippen LogP contribution in [-0.4, -0.2) is 15.7 Å². The fraction of sp³-hybridized carbons (Fsp3) is 0.167. The number of halogens is 3. The molecule has 1 aromatic carbocycles. The molecule has 5 nitrogen and oxygen atoms in total. The number of alkyl halides is 3. The van der Waals surface area contributed by atoms with Crippen molar-refractivity contribution in [2.45, 2.75) is 12.7 Å². The average molecular weight is 284 g/mol. The Labute approximate surface area is 112 Å². The Balaban J connectivity index is 2.04. The number of amides is 1. The summed E-state index contributed by atoms with van der Waals surface area (Å²) >= 11 is 0. The van der Waals surface area contributed by atoms with Crippen LogP contribution in [-0.2, 0) is 17.5 Å². The summed E-state index contributed by atoms with van der Waals surface area (Å²) in [7, 11) is 0. The van der Waals surface area contributed by atoms with Crippen LogP contribution in [0.15, 0.2) is 36.5 Å². The number of anilines is 2. The van der Waals surface area contributed by atoms with Crippen LogP contribution in [0.3, 0.4) is 0 Å². The highest BCUT2D eigenvalue weighted by Gasteiger charge is 2.30. The molecule has 0 saturated carbocycles. The van der Waals surface area contributed by atoms with E-state index in [0.29, 0.717) is 0 Å². The van der Waals surface area contributed by atoms with E-state index >= 15 is 0 Å². The van der Waals surface area contributed by atoms with Crippen molar-refractivity contribution in [3.05, 3.63) is 42.1 Å². The van der Waals surface area contributed by atoms with E-state index in [1.165, 1.54) is 29.1 Å². The number of benzene rings is 1. The number of hydrogen-bond donors (Lipinski definition) is 2. The van der Waals surface area contributed by atoms with Gasteiger partial charge in [0.1, 0.15) is 12.4 Å². The SMILES string of the molecule is Nc1ccn(CC(=O)Nc2cccc(C(F)(F)F)c2)n1. The second-order valence-electron chi connectivity index (χ2n) is 4.06. The normalized spacial score (nSPS) is 11.3. The van der Waals surface area contributed by atoms with Crippen LogP contribution in [0.25, 0.3) is 0 Å². The van der Waals surface area contributed by atoms with Crippen molar-refractivity contribution < 1.29 is 18.0 Å². The summed E-state index contributed by atoms with van der Waals surface area (Å²) in [5, 5.41) is 6.17. The first kappa shape index (κ1) is 13.9. The predicted molar refractivity (Wildman–Crippen MR) is 66.7 cm³/mol. The highest BCUT2D eigenvalue weighted by molar-refractivity contribution is 5.90. The number of nitrogens with zero attached hydrogens (tertiary/aromatic N) is 2. The number of hydrogen-bond acceptors (Lipinski definition) is 3. The van der Waals surface area contributed by atoms with E-state index in [0.717, 1.165) is 12.1 Å². The molecule has 0 unspecified atom stereocenters. The van der Waals surface area contributed by atoms with E-state index in [4.69, 9.17) is 5.73 Å². The van der Waals surface area contributed by atoms with Crippen molar-refractivity contribution in [1.29, 1.82) is 0 Å². The van der Waals surface area contributed by atoms with Crippen LogP contribution in [0.1, 0.15) is 5.56 Å². The lowest BCUT2D eigenvalue weighted by molar-refractivity contribution is -0.137. The van der Waals surface area contributed by atoms with Gasteiger partial charge in [0.05, 0.1) is 5.56 Å². The highest BCUT2D eigenvalue weighted by Crippen LogP contribution is 2.30. The minimum absolute atomic E-state index is 0.0740. The molecule has 1 amide bonds. The molecule has 20 heavy (non-hydrogen) atoms. The maximum absolute atomic E-state index is 12.5. The Morgan fingerprint density at radius 2 is 2.10 bits per heavy atom. The first-order chi connectivity index (χ1) is 9.34. The van der Waals surface area contributed by atoms with Crippen molar-refractivity contribution in [3.63, 3.8) is 0 Å². The second kappa shape index (κ2) is 5.24. The lowest BCUT2D eigenvalue weighted by Gasteiger charge is -2.09. The van der Waals surface area contributed by atoms with E-state index in [1.807, 2.05) is 0 Å². The van der Waals surface area contributed by atoms with Gasteiger partial charge in [0.2, 0.25) is 5.91 Å². The third kappa shape index (κ3) is 3.50. The third-order valence-electron chi connectivity index (χ3n) is 2.44. The van der Waals surface area contributed by atoms with Crippen LogP contribution >= 0.6 is 0 Å². The van der Waals surface area contributed by atoms with Crippen molar-refractivity contribution in [2.75, 3.05) is 11.1 Å². The lowest BCUT2D eigenvalue weighted by atomic mass is 10.2. The molecule has 2 rings (SSSR count). The Hall–Kier alpha value is -2.51. The molecule has 0 bridgehead atoms. The zero-order valence-corrected chi connectivity index (χ0v) is 10.2. The number of nitrogens with two attached hydrogens (primary N) is 1. The van der Waals surface area contributed by atoms with Crippen LogP contribution in [0.4, 0.5) is 24.7 Å². The molecule has 0 fully saturated rings. The largest absolute Gasteiger partial charge is 0.416 e. The number of rotatable bonds is 3. The fourth-order valence-corrected chi connectivity index (χ4v) is 1.59. The van der Waals surface area contributed by atoms with Gasteiger partial charge in [-0.05, 0) is 24.3 Å². The Morgan fingerprint density at radius 3 is 2.70 bits per heavy atom. The van der Waals surface area contributed by atoms with Gasteiger partial charge in [-0.3, -0.25) is 9.48 Å². The van der Waals surface area contributed by atoms with Gasteiger partial charge in [0.15, 0.2) is 0 Å². The molecule has 1 heterocycles. The molecule has 0 radical (unpaired) electrons. The Morgan fingerprint density at radius 1 is 1.35 bits per heavy atom. The quantitative estimate of drug-likeness (QED) is 0.906. The summed E-state index contributed by atoms with van der Waals surface area (Å²) in [4.78, 5) is 11.7. The predicted octanol–water partition coefficient (Wildman–Crippen LogP) is 2.12. The Kier molecular flexibility index (Phi) is 3.64. The summed E-state index contributed by atoms with van der Waals surface area (Å²) in [6.45, 7) is -0.132. The van der Waals surface area contributed by atoms with E-state index in [-0.39, 0.29) is 18.1 Å². The van der Waals surface area contributed by atoms with Gasteiger partial charge in [0, 0.05) is 11.9 Å².